The molecule has 0 unspecified atom stereocenters. The van der Waals surface area contributed by atoms with Crippen molar-refractivity contribution < 1.29 is 0 Å². The summed E-state index contributed by atoms with van der Waals surface area (Å²) in [5.74, 6) is 0. The Hall–Kier alpha value is -2.10. The van der Waals surface area contributed by atoms with Gasteiger partial charge in [-0.15, -0.1) is 11.3 Å². The average Bonchev–Trinajstić information content (AvgIpc) is 3.13. The lowest BCUT2D eigenvalue weighted by molar-refractivity contribution is 0.845. The van der Waals surface area contributed by atoms with Crippen LogP contribution in [-0.4, -0.2) is 4.57 Å². The van der Waals surface area contributed by atoms with Crippen LogP contribution in [0.4, 0.5) is 0 Å². The first-order valence-electron chi connectivity index (χ1n) is 7.09. The number of hydrogen-bond donors (Lipinski definition) is 1. The smallest absolute Gasteiger partial charge is 0.0490 e. The second kappa shape index (κ2) is 5.02. The van der Waals surface area contributed by atoms with Crippen LogP contribution in [-0.2, 0) is 13.1 Å². The second-order valence-electron chi connectivity index (χ2n) is 5.25. The first-order chi connectivity index (χ1) is 10.4. The minimum Gasteiger partial charge on any atom is -0.343 e. The number of nitrogens with zero attached hydrogens (tertiary/aromatic N) is 1. The van der Waals surface area contributed by atoms with Crippen molar-refractivity contribution in [1.29, 1.82) is 0 Å². The van der Waals surface area contributed by atoms with E-state index in [0.29, 0.717) is 6.54 Å². The highest BCUT2D eigenvalue weighted by Gasteiger charge is 2.08. The number of fused-ring (bicyclic) bond motifs is 2. The van der Waals surface area contributed by atoms with Gasteiger partial charge in [-0.25, -0.2) is 0 Å². The topological polar surface area (TPSA) is 30.9 Å². The Kier molecular flexibility index (Phi) is 3.02. The summed E-state index contributed by atoms with van der Waals surface area (Å²) in [5, 5.41) is 4.89. The monoisotopic (exact) mass is 292 g/mol. The van der Waals surface area contributed by atoms with Crippen LogP contribution >= 0.6 is 11.3 Å². The van der Waals surface area contributed by atoms with E-state index < -0.39 is 0 Å². The van der Waals surface area contributed by atoms with Crippen molar-refractivity contribution in [3.63, 3.8) is 0 Å². The van der Waals surface area contributed by atoms with Gasteiger partial charge in [0.25, 0.3) is 0 Å². The van der Waals surface area contributed by atoms with Crippen LogP contribution < -0.4 is 5.73 Å². The molecule has 0 atom stereocenters. The van der Waals surface area contributed by atoms with Crippen molar-refractivity contribution in [2.45, 2.75) is 13.1 Å². The van der Waals surface area contributed by atoms with Crippen LogP contribution in [0.3, 0.4) is 0 Å². The Balaban J connectivity index is 1.81. The highest BCUT2D eigenvalue weighted by Crippen LogP contribution is 2.28. The summed E-state index contributed by atoms with van der Waals surface area (Å²) in [6.45, 7) is 1.49. The Morgan fingerprint density at radius 3 is 2.71 bits per heavy atom. The number of hydrogen-bond acceptors (Lipinski definition) is 2. The lowest BCUT2D eigenvalue weighted by Gasteiger charge is -2.06. The number of aromatic nitrogens is 1. The number of benzene rings is 2. The molecule has 0 aliphatic heterocycles. The molecule has 0 aliphatic carbocycles. The SMILES string of the molecule is NCc1cccc2c1ccn2Cc1csc2ccccc12. The first-order valence-corrected chi connectivity index (χ1v) is 7.96. The van der Waals surface area contributed by atoms with Gasteiger partial charge >= 0.3 is 0 Å². The molecule has 0 amide bonds. The van der Waals surface area contributed by atoms with E-state index in [4.69, 9.17) is 5.73 Å². The lowest BCUT2D eigenvalue weighted by atomic mass is 10.1. The second-order valence-corrected chi connectivity index (χ2v) is 6.17. The molecule has 104 valence electrons. The van der Waals surface area contributed by atoms with Crippen LogP contribution in [0.25, 0.3) is 21.0 Å². The van der Waals surface area contributed by atoms with Crippen LogP contribution in [0.2, 0.25) is 0 Å². The van der Waals surface area contributed by atoms with Gasteiger partial charge in [0.15, 0.2) is 0 Å². The predicted octanol–water partition coefficient (Wildman–Crippen LogP) is 4.36. The number of thiophene rings is 1. The van der Waals surface area contributed by atoms with Gasteiger partial charge in [-0.05, 0) is 40.1 Å². The molecule has 0 fully saturated rings. The molecule has 0 saturated heterocycles. The van der Waals surface area contributed by atoms with Crippen molar-refractivity contribution in [2.75, 3.05) is 0 Å². The third kappa shape index (κ3) is 2.06. The predicted molar refractivity (Wildman–Crippen MR) is 90.8 cm³/mol. The van der Waals surface area contributed by atoms with E-state index in [1.807, 2.05) is 11.3 Å². The summed E-state index contributed by atoms with van der Waals surface area (Å²) in [6.07, 6.45) is 2.16. The molecule has 4 aromatic rings. The first kappa shape index (κ1) is 12.6. The normalized spacial score (nSPS) is 11.5. The molecule has 2 aromatic heterocycles. The molecule has 0 bridgehead atoms. The Bertz CT molecular complexity index is 917. The third-order valence-corrected chi connectivity index (χ3v) is 5.04. The zero-order valence-electron chi connectivity index (χ0n) is 11.6. The molecule has 21 heavy (non-hydrogen) atoms. The van der Waals surface area contributed by atoms with Crippen LogP contribution in [0.5, 0.6) is 0 Å². The molecule has 0 saturated carbocycles. The standard InChI is InChI=1S/C18H16N2S/c19-10-13-4-3-6-17-15(13)8-9-20(17)11-14-12-21-18-7-2-1-5-16(14)18/h1-9,12H,10-11,19H2. The fraction of sp³-hybridized carbons (Fsp3) is 0.111. The Labute approximate surface area is 127 Å². The van der Waals surface area contributed by atoms with Crippen molar-refractivity contribution in [1.82, 2.24) is 4.57 Å². The van der Waals surface area contributed by atoms with E-state index in [1.165, 1.54) is 32.1 Å². The van der Waals surface area contributed by atoms with E-state index in [2.05, 4.69) is 64.7 Å². The fourth-order valence-corrected chi connectivity index (χ4v) is 3.90. The van der Waals surface area contributed by atoms with E-state index in [9.17, 15) is 0 Å². The van der Waals surface area contributed by atoms with Crippen molar-refractivity contribution in [3.8, 4) is 0 Å². The maximum atomic E-state index is 5.83. The van der Waals surface area contributed by atoms with E-state index in [0.717, 1.165) is 6.54 Å². The molecule has 3 heteroatoms. The van der Waals surface area contributed by atoms with E-state index in [-0.39, 0.29) is 0 Å². The largest absolute Gasteiger partial charge is 0.343 e. The van der Waals surface area contributed by atoms with Gasteiger partial charge in [0.2, 0.25) is 0 Å². The summed E-state index contributed by atoms with van der Waals surface area (Å²) in [5.41, 5.74) is 9.68. The van der Waals surface area contributed by atoms with Crippen LogP contribution in [0.15, 0.2) is 60.1 Å². The third-order valence-electron chi connectivity index (χ3n) is 4.03. The number of rotatable bonds is 3. The minimum atomic E-state index is 0.586. The van der Waals surface area contributed by atoms with Crippen molar-refractivity contribution in [3.05, 3.63) is 71.2 Å². The van der Waals surface area contributed by atoms with Crippen molar-refractivity contribution >= 4 is 32.3 Å². The van der Waals surface area contributed by atoms with Gasteiger partial charge in [-0.1, -0.05) is 30.3 Å². The summed E-state index contributed by atoms with van der Waals surface area (Å²) >= 11 is 1.82. The molecule has 2 N–H and O–H groups in total. The summed E-state index contributed by atoms with van der Waals surface area (Å²) in [6, 6.07) is 17.1. The van der Waals surface area contributed by atoms with E-state index in [1.54, 1.807) is 0 Å². The van der Waals surface area contributed by atoms with Crippen LogP contribution in [0.1, 0.15) is 11.1 Å². The molecule has 2 aromatic carbocycles. The number of nitrogens with two attached hydrogens (primary N) is 1. The zero-order valence-corrected chi connectivity index (χ0v) is 12.4. The summed E-state index contributed by atoms with van der Waals surface area (Å²) in [7, 11) is 0. The molecule has 2 nitrogen and oxygen atoms in total. The Morgan fingerprint density at radius 2 is 1.81 bits per heavy atom. The molecule has 2 heterocycles. The maximum Gasteiger partial charge on any atom is 0.0490 e. The van der Waals surface area contributed by atoms with E-state index >= 15 is 0 Å². The summed E-state index contributed by atoms with van der Waals surface area (Å²) in [4.78, 5) is 0. The van der Waals surface area contributed by atoms with Crippen LogP contribution in [0, 0.1) is 0 Å². The Morgan fingerprint density at radius 1 is 0.905 bits per heavy atom. The zero-order chi connectivity index (χ0) is 14.2. The maximum absolute atomic E-state index is 5.83. The molecule has 4 rings (SSSR count). The quantitative estimate of drug-likeness (QED) is 0.597. The molecular weight excluding hydrogens is 276 g/mol. The lowest BCUT2D eigenvalue weighted by Crippen LogP contribution is -1.99. The van der Waals surface area contributed by atoms with Gasteiger partial charge < -0.3 is 10.3 Å². The highest BCUT2D eigenvalue weighted by molar-refractivity contribution is 7.17. The van der Waals surface area contributed by atoms with Gasteiger partial charge in [0.05, 0.1) is 0 Å². The highest BCUT2D eigenvalue weighted by atomic mass is 32.1. The molecule has 0 radical (unpaired) electrons. The van der Waals surface area contributed by atoms with Gasteiger partial charge in [-0.2, -0.15) is 0 Å². The van der Waals surface area contributed by atoms with Gasteiger partial charge in [0.1, 0.15) is 0 Å². The summed E-state index contributed by atoms with van der Waals surface area (Å²) < 4.78 is 3.66. The minimum absolute atomic E-state index is 0.586. The fourth-order valence-electron chi connectivity index (χ4n) is 2.94. The van der Waals surface area contributed by atoms with Gasteiger partial charge in [0, 0.05) is 34.9 Å². The average molecular weight is 292 g/mol. The van der Waals surface area contributed by atoms with Crippen molar-refractivity contribution in [2.24, 2.45) is 5.73 Å². The molecule has 0 spiro atoms. The molecule has 0 aliphatic rings. The van der Waals surface area contributed by atoms with Gasteiger partial charge in [-0.3, -0.25) is 0 Å². The molecular formula is C18H16N2S.